The molecule has 128 valence electrons. The zero-order chi connectivity index (χ0) is 17.8. The van der Waals surface area contributed by atoms with Crippen LogP contribution in [0.5, 0.6) is 0 Å². The Hall–Kier alpha value is -2.73. The fourth-order valence-corrected chi connectivity index (χ4v) is 3.08. The second-order valence-electron chi connectivity index (χ2n) is 5.79. The highest BCUT2D eigenvalue weighted by atomic mass is 32.2. The molecule has 0 spiro atoms. The number of rotatable bonds is 3. The number of carbonyl (C=O) groups excluding carboxylic acids is 1. The molecule has 3 N–H and O–H groups in total. The summed E-state index contributed by atoms with van der Waals surface area (Å²) in [6.07, 6.45) is 0. The van der Waals surface area contributed by atoms with Crippen molar-refractivity contribution in [1.82, 2.24) is 10.9 Å². The van der Waals surface area contributed by atoms with Crippen molar-refractivity contribution in [2.24, 2.45) is 4.99 Å². The summed E-state index contributed by atoms with van der Waals surface area (Å²) in [6.45, 7) is 5.66. The van der Waals surface area contributed by atoms with E-state index in [1.807, 2.05) is 41.8 Å². The Morgan fingerprint density at radius 1 is 1.08 bits per heavy atom. The number of hydrazine groups is 1. The zero-order valence-electron chi connectivity index (χ0n) is 14.4. The SMILES string of the molecule is CC(=O)Nc1ccc(C2=CSC(=Nc3cccc(C)c3C)NN2)cc1. The van der Waals surface area contributed by atoms with Gasteiger partial charge < -0.3 is 5.32 Å². The molecule has 1 amide bonds. The summed E-state index contributed by atoms with van der Waals surface area (Å²) < 4.78 is 0. The smallest absolute Gasteiger partial charge is 0.221 e. The van der Waals surface area contributed by atoms with Crippen LogP contribution in [0, 0.1) is 13.8 Å². The molecule has 1 aliphatic rings. The quantitative estimate of drug-likeness (QED) is 0.778. The lowest BCUT2D eigenvalue weighted by atomic mass is 10.1. The Kier molecular flexibility index (Phi) is 5.09. The number of thioether (sulfide) groups is 1. The molecule has 0 fully saturated rings. The lowest BCUT2D eigenvalue weighted by Gasteiger charge is -2.19. The molecular weight excluding hydrogens is 332 g/mol. The van der Waals surface area contributed by atoms with E-state index in [2.05, 4.69) is 41.1 Å². The minimum atomic E-state index is -0.0766. The van der Waals surface area contributed by atoms with E-state index in [1.54, 1.807) is 0 Å². The van der Waals surface area contributed by atoms with Crippen molar-refractivity contribution in [3.63, 3.8) is 0 Å². The maximum atomic E-state index is 11.1. The van der Waals surface area contributed by atoms with E-state index in [-0.39, 0.29) is 5.91 Å². The van der Waals surface area contributed by atoms with E-state index in [0.29, 0.717) is 0 Å². The largest absolute Gasteiger partial charge is 0.326 e. The van der Waals surface area contributed by atoms with Crippen molar-refractivity contribution in [3.05, 3.63) is 64.6 Å². The van der Waals surface area contributed by atoms with Crippen molar-refractivity contribution in [1.29, 1.82) is 0 Å². The van der Waals surface area contributed by atoms with Crippen LogP contribution in [-0.2, 0) is 4.79 Å². The molecule has 0 atom stereocenters. The van der Waals surface area contributed by atoms with Gasteiger partial charge in [-0.05, 0) is 43.2 Å². The molecule has 2 aromatic carbocycles. The van der Waals surface area contributed by atoms with E-state index < -0.39 is 0 Å². The average Bonchev–Trinajstić information content (AvgIpc) is 2.60. The predicted molar refractivity (Wildman–Crippen MR) is 106 cm³/mol. The van der Waals surface area contributed by atoms with E-state index in [0.717, 1.165) is 27.8 Å². The van der Waals surface area contributed by atoms with Crippen LogP contribution < -0.4 is 16.2 Å². The van der Waals surface area contributed by atoms with Gasteiger partial charge in [0.25, 0.3) is 0 Å². The number of amides is 1. The molecule has 0 radical (unpaired) electrons. The maximum Gasteiger partial charge on any atom is 0.221 e. The van der Waals surface area contributed by atoms with Gasteiger partial charge in [-0.25, -0.2) is 4.99 Å². The van der Waals surface area contributed by atoms with Gasteiger partial charge in [0.05, 0.1) is 11.4 Å². The first-order valence-corrected chi connectivity index (χ1v) is 8.82. The third kappa shape index (κ3) is 4.22. The molecule has 1 heterocycles. The highest BCUT2D eigenvalue weighted by molar-refractivity contribution is 8.16. The number of benzene rings is 2. The van der Waals surface area contributed by atoms with Crippen LogP contribution in [0.1, 0.15) is 23.6 Å². The lowest BCUT2D eigenvalue weighted by Crippen LogP contribution is -2.36. The third-order valence-electron chi connectivity index (χ3n) is 3.91. The number of aliphatic imine (C=N–C) groups is 1. The van der Waals surface area contributed by atoms with Crippen molar-refractivity contribution in [2.45, 2.75) is 20.8 Å². The number of nitrogens with one attached hydrogen (secondary N) is 3. The highest BCUT2D eigenvalue weighted by Gasteiger charge is 2.11. The van der Waals surface area contributed by atoms with Gasteiger partial charge in [0.2, 0.25) is 5.91 Å². The molecule has 0 aliphatic carbocycles. The maximum absolute atomic E-state index is 11.1. The van der Waals surface area contributed by atoms with Gasteiger partial charge in [0.1, 0.15) is 0 Å². The van der Waals surface area contributed by atoms with E-state index >= 15 is 0 Å². The summed E-state index contributed by atoms with van der Waals surface area (Å²) in [5.41, 5.74) is 12.5. The minimum Gasteiger partial charge on any atom is -0.326 e. The van der Waals surface area contributed by atoms with Crippen LogP contribution in [-0.4, -0.2) is 11.1 Å². The third-order valence-corrected chi connectivity index (χ3v) is 4.68. The summed E-state index contributed by atoms with van der Waals surface area (Å²) in [6, 6.07) is 13.8. The number of anilines is 1. The fraction of sp³-hybridized carbons (Fsp3) is 0.158. The van der Waals surface area contributed by atoms with E-state index in [9.17, 15) is 4.79 Å². The molecular formula is C19H20N4OS. The second-order valence-corrected chi connectivity index (χ2v) is 6.65. The first kappa shape index (κ1) is 17.1. The van der Waals surface area contributed by atoms with Crippen LogP contribution in [0.25, 0.3) is 5.70 Å². The molecule has 5 nitrogen and oxygen atoms in total. The zero-order valence-corrected chi connectivity index (χ0v) is 15.2. The topological polar surface area (TPSA) is 65.5 Å². The molecule has 3 rings (SSSR count). The summed E-state index contributed by atoms with van der Waals surface area (Å²) in [5, 5.41) is 5.58. The highest BCUT2D eigenvalue weighted by Crippen LogP contribution is 2.26. The molecule has 0 unspecified atom stereocenters. The Balaban J connectivity index is 1.73. The Morgan fingerprint density at radius 2 is 1.84 bits per heavy atom. The normalized spacial score (nSPS) is 15.2. The number of hydrogen-bond acceptors (Lipinski definition) is 4. The van der Waals surface area contributed by atoms with Gasteiger partial charge in [-0.15, -0.1) is 0 Å². The van der Waals surface area contributed by atoms with Crippen LogP contribution in [0.3, 0.4) is 0 Å². The summed E-state index contributed by atoms with van der Waals surface area (Å²) in [7, 11) is 0. The average molecular weight is 352 g/mol. The molecule has 2 aromatic rings. The minimum absolute atomic E-state index is 0.0766. The number of carbonyl (C=O) groups is 1. The van der Waals surface area contributed by atoms with Gasteiger partial charge in [0, 0.05) is 23.6 Å². The Bertz CT molecular complexity index is 856. The second kappa shape index (κ2) is 7.44. The van der Waals surface area contributed by atoms with Crippen LogP contribution >= 0.6 is 11.8 Å². The Labute approximate surface area is 151 Å². The molecule has 0 saturated carbocycles. The fourth-order valence-electron chi connectivity index (χ4n) is 2.39. The monoisotopic (exact) mass is 352 g/mol. The van der Waals surface area contributed by atoms with E-state index in [1.165, 1.54) is 29.8 Å². The van der Waals surface area contributed by atoms with Gasteiger partial charge >= 0.3 is 0 Å². The Morgan fingerprint density at radius 3 is 2.48 bits per heavy atom. The van der Waals surface area contributed by atoms with Crippen LogP contribution in [0.4, 0.5) is 11.4 Å². The summed E-state index contributed by atoms with van der Waals surface area (Å²) in [4.78, 5) is 15.7. The number of nitrogens with zero attached hydrogens (tertiary/aromatic N) is 1. The molecule has 0 saturated heterocycles. The molecule has 25 heavy (non-hydrogen) atoms. The summed E-state index contributed by atoms with van der Waals surface area (Å²) in [5.74, 6) is -0.0766. The molecule has 0 bridgehead atoms. The van der Waals surface area contributed by atoms with Crippen molar-refractivity contribution in [2.75, 3.05) is 5.32 Å². The van der Waals surface area contributed by atoms with Gasteiger partial charge in [-0.2, -0.15) is 0 Å². The molecule has 0 aromatic heterocycles. The number of hydrogen-bond donors (Lipinski definition) is 3. The molecule has 1 aliphatic heterocycles. The van der Waals surface area contributed by atoms with E-state index in [4.69, 9.17) is 0 Å². The van der Waals surface area contributed by atoms with Crippen molar-refractivity contribution >= 4 is 39.9 Å². The first-order valence-electron chi connectivity index (χ1n) is 7.95. The predicted octanol–water partition coefficient (Wildman–Crippen LogP) is 4.09. The van der Waals surface area contributed by atoms with Crippen molar-refractivity contribution < 1.29 is 4.79 Å². The first-order chi connectivity index (χ1) is 12.0. The molecule has 6 heteroatoms. The van der Waals surface area contributed by atoms with Crippen LogP contribution in [0.2, 0.25) is 0 Å². The van der Waals surface area contributed by atoms with Crippen LogP contribution in [0.15, 0.2) is 52.9 Å². The van der Waals surface area contributed by atoms with Crippen molar-refractivity contribution in [3.8, 4) is 0 Å². The van der Waals surface area contributed by atoms with Gasteiger partial charge in [0.15, 0.2) is 5.17 Å². The standard InChI is InChI=1S/C19H20N4OS/c1-12-5-4-6-17(13(12)2)21-19-23-22-18(11-25-19)15-7-9-16(10-8-15)20-14(3)24/h4-11,22H,1-3H3,(H,20,24)(H,21,23). The number of aryl methyl sites for hydroxylation is 1. The number of amidine groups is 1. The van der Waals surface area contributed by atoms with Gasteiger partial charge in [-0.1, -0.05) is 36.0 Å². The summed E-state index contributed by atoms with van der Waals surface area (Å²) >= 11 is 1.53. The van der Waals surface area contributed by atoms with Gasteiger partial charge in [-0.3, -0.25) is 15.6 Å². The lowest BCUT2D eigenvalue weighted by molar-refractivity contribution is -0.114.